The number of aliphatic hydroxyl groups is 1. The first kappa shape index (κ1) is 19.1. The molecule has 3 atom stereocenters. The van der Waals surface area contributed by atoms with Crippen molar-refractivity contribution in [1.82, 2.24) is 0 Å². The number of hydrogen-bond acceptors (Lipinski definition) is 6. The zero-order valence-electron chi connectivity index (χ0n) is 15.3. The van der Waals surface area contributed by atoms with Crippen LogP contribution in [0.5, 0.6) is 0 Å². The molecule has 0 spiro atoms. The van der Waals surface area contributed by atoms with Crippen molar-refractivity contribution in [3.8, 4) is 0 Å². The Bertz CT molecular complexity index is 796. The summed E-state index contributed by atoms with van der Waals surface area (Å²) in [4.78, 5) is 24.4. The Hall–Kier alpha value is -2.70. The third-order valence-electron chi connectivity index (χ3n) is 4.39. The van der Waals surface area contributed by atoms with E-state index in [1.54, 1.807) is 24.3 Å². The number of benzene rings is 2. The summed E-state index contributed by atoms with van der Waals surface area (Å²) in [5.41, 5.74) is 2.91. The third kappa shape index (κ3) is 4.93. The van der Waals surface area contributed by atoms with Crippen LogP contribution in [0.3, 0.4) is 0 Å². The number of carbonyl (C=O) groups excluding carboxylic acids is 2. The highest BCUT2D eigenvalue weighted by Crippen LogP contribution is 2.24. The molecular formula is C21H22O6. The van der Waals surface area contributed by atoms with Crippen molar-refractivity contribution in [2.24, 2.45) is 0 Å². The van der Waals surface area contributed by atoms with Crippen molar-refractivity contribution in [2.75, 3.05) is 6.61 Å². The Labute approximate surface area is 157 Å². The van der Waals surface area contributed by atoms with Crippen LogP contribution in [0.25, 0.3) is 0 Å². The van der Waals surface area contributed by atoms with E-state index in [4.69, 9.17) is 14.2 Å². The highest BCUT2D eigenvalue weighted by Gasteiger charge is 2.38. The van der Waals surface area contributed by atoms with E-state index in [-0.39, 0.29) is 13.0 Å². The lowest BCUT2D eigenvalue weighted by Crippen LogP contribution is -2.32. The number of aliphatic hydroxyl groups excluding tert-OH is 1. The van der Waals surface area contributed by atoms with Gasteiger partial charge in [-0.25, -0.2) is 9.59 Å². The zero-order chi connectivity index (χ0) is 19.4. The van der Waals surface area contributed by atoms with E-state index < -0.39 is 30.4 Å². The Morgan fingerprint density at radius 2 is 1.48 bits per heavy atom. The van der Waals surface area contributed by atoms with Crippen molar-refractivity contribution in [1.29, 1.82) is 0 Å². The second kappa shape index (κ2) is 8.33. The fourth-order valence-electron chi connectivity index (χ4n) is 2.79. The molecule has 0 saturated carbocycles. The number of hydrogen-bond donors (Lipinski definition) is 1. The minimum absolute atomic E-state index is 0.115. The summed E-state index contributed by atoms with van der Waals surface area (Å²) in [7, 11) is 0. The molecule has 1 aliphatic rings. The summed E-state index contributed by atoms with van der Waals surface area (Å²) in [5.74, 6) is -1.00. The number of rotatable bonds is 5. The van der Waals surface area contributed by atoms with Crippen LogP contribution in [0.1, 0.15) is 38.3 Å². The molecule has 0 bridgehead atoms. The lowest BCUT2D eigenvalue weighted by atomic mass is 10.1. The SMILES string of the molecule is Cc1ccc(C(=O)OC[C@@H]2O[C@H](O)C[C@H]2OC(=O)c2ccc(C)cc2)cc1. The molecule has 2 aromatic carbocycles. The second-order valence-corrected chi connectivity index (χ2v) is 6.64. The molecular weight excluding hydrogens is 348 g/mol. The summed E-state index contributed by atoms with van der Waals surface area (Å²) < 4.78 is 16.1. The van der Waals surface area contributed by atoms with E-state index in [2.05, 4.69) is 0 Å². The molecule has 2 aromatic rings. The van der Waals surface area contributed by atoms with E-state index >= 15 is 0 Å². The molecule has 0 aromatic heterocycles. The summed E-state index contributed by atoms with van der Waals surface area (Å²) >= 11 is 0. The molecule has 1 saturated heterocycles. The highest BCUT2D eigenvalue weighted by molar-refractivity contribution is 5.90. The van der Waals surface area contributed by atoms with Crippen LogP contribution in [0.15, 0.2) is 48.5 Å². The number of ether oxygens (including phenoxy) is 3. The van der Waals surface area contributed by atoms with Gasteiger partial charge in [-0.3, -0.25) is 0 Å². The van der Waals surface area contributed by atoms with Gasteiger partial charge in [0, 0.05) is 6.42 Å². The fraction of sp³-hybridized carbons (Fsp3) is 0.333. The molecule has 0 amide bonds. The van der Waals surface area contributed by atoms with E-state index in [1.807, 2.05) is 38.1 Å². The largest absolute Gasteiger partial charge is 0.459 e. The molecule has 1 fully saturated rings. The monoisotopic (exact) mass is 370 g/mol. The van der Waals surface area contributed by atoms with Crippen LogP contribution in [-0.2, 0) is 14.2 Å². The predicted octanol–water partition coefficient (Wildman–Crippen LogP) is 2.79. The van der Waals surface area contributed by atoms with Crippen LogP contribution < -0.4 is 0 Å². The molecule has 142 valence electrons. The van der Waals surface area contributed by atoms with E-state index in [9.17, 15) is 14.7 Å². The van der Waals surface area contributed by atoms with Crippen LogP contribution in [0.2, 0.25) is 0 Å². The number of esters is 2. The first-order valence-corrected chi connectivity index (χ1v) is 8.77. The van der Waals surface area contributed by atoms with Gasteiger partial charge in [0.05, 0.1) is 11.1 Å². The van der Waals surface area contributed by atoms with Crippen molar-refractivity contribution in [3.63, 3.8) is 0 Å². The minimum Gasteiger partial charge on any atom is -0.459 e. The Kier molecular flexibility index (Phi) is 5.88. The average molecular weight is 370 g/mol. The number of carbonyl (C=O) groups is 2. The lowest BCUT2D eigenvalue weighted by molar-refractivity contribution is -0.110. The third-order valence-corrected chi connectivity index (χ3v) is 4.39. The van der Waals surface area contributed by atoms with Gasteiger partial charge in [0.15, 0.2) is 6.29 Å². The van der Waals surface area contributed by atoms with Crippen LogP contribution in [0.4, 0.5) is 0 Å². The maximum absolute atomic E-state index is 12.3. The Morgan fingerprint density at radius 1 is 0.963 bits per heavy atom. The molecule has 0 aliphatic carbocycles. The molecule has 1 aliphatic heterocycles. The molecule has 6 nitrogen and oxygen atoms in total. The van der Waals surface area contributed by atoms with Gasteiger partial charge >= 0.3 is 11.9 Å². The quantitative estimate of drug-likeness (QED) is 0.815. The van der Waals surface area contributed by atoms with Gasteiger partial charge in [0.2, 0.25) is 0 Å². The molecule has 1 heterocycles. The average Bonchev–Trinajstić information content (AvgIpc) is 3.00. The first-order valence-electron chi connectivity index (χ1n) is 8.77. The lowest BCUT2D eigenvalue weighted by Gasteiger charge is -2.18. The second-order valence-electron chi connectivity index (χ2n) is 6.64. The number of aryl methyl sites for hydroxylation is 2. The van der Waals surface area contributed by atoms with E-state index in [1.165, 1.54) is 0 Å². The van der Waals surface area contributed by atoms with Gasteiger partial charge < -0.3 is 19.3 Å². The van der Waals surface area contributed by atoms with Gasteiger partial charge in [-0.05, 0) is 38.1 Å². The van der Waals surface area contributed by atoms with Gasteiger partial charge in [-0.1, -0.05) is 35.4 Å². The Balaban J connectivity index is 1.58. The van der Waals surface area contributed by atoms with Gasteiger partial charge in [0.1, 0.15) is 18.8 Å². The summed E-state index contributed by atoms with van der Waals surface area (Å²) in [6.07, 6.45) is -2.35. The van der Waals surface area contributed by atoms with Gasteiger partial charge in [0.25, 0.3) is 0 Å². The highest BCUT2D eigenvalue weighted by atomic mass is 16.7. The maximum Gasteiger partial charge on any atom is 0.338 e. The van der Waals surface area contributed by atoms with E-state index in [0.717, 1.165) is 11.1 Å². The van der Waals surface area contributed by atoms with Crippen molar-refractivity contribution in [3.05, 3.63) is 70.8 Å². The van der Waals surface area contributed by atoms with Gasteiger partial charge in [-0.15, -0.1) is 0 Å². The fourth-order valence-corrected chi connectivity index (χ4v) is 2.79. The van der Waals surface area contributed by atoms with E-state index in [0.29, 0.717) is 11.1 Å². The van der Waals surface area contributed by atoms with Crippen LogP contribution >= 0.6 is 0 Å². The normalized spacial score (nSPS) is 21.7. The summed E-state index contributed by atoms with van der Waals surface area (Å²) in [6, 6.07) is 14.0. The van der Waals surface area contributed by atoms with Gasteiger partial charge in [-0.2, -0.15) is 0 Å². The summed E-state index contributed by atoms with van der Waals surface area (Å²) in [6.45, 7) is 3.74. The molecule has 0 unspecified atom stereocenters. The Morgan fingerprint density at radius 3 is 2.04 bits per heavy atom. The van der Waals surface area contributed by atoms with Crippen molar-refractivity contribution < 1.29 is 28.9 Å². The summed E-state index contributed by atoms with van der Waals surface area (Å²) in [5, 5.41) is 9.75. The predicted molar refractivity (Wildman–Crippen MR) is 97.3 cm³/mol. The molecule has 0 radical (unpaired) electrons. The molecule has 6 heteroatoms. The van der Waals surface area contributed by atoms with Crippen LogP contribution in [-0.4, -0.2) is 42.1 Å². The molecule has 1 N–H and O–H groups in total. The smallest absolute Gasteiger partial charge is 0.338 e. The van der Waals surface area contributed by atoms with Crippen molar-refractivity contribution in [2.45, 2.75) is 38.8 Å². The minimum atomic E-state index is -1.07. The molecule has 27 heavy (non-hydrogen) atoms. The maximum atomic E-state index is 12.3. The first-order chi connectivity index (χ1) is 12.9. The van der Waals surface area contributed by atoms with Crippen LogP contribution in [0, 0.1) is 13.8 Å². The topological polar surface area (TPSA) is 82.1 Å². The standard InChI is InChI=1S/C21H22O6/c1-13-3-7-15(8-4-13)20(23)25-12-18-17(11-19(22)26-18)27-21(24)16-9-5-14(2)6-10-16/h3-10,17-19,22H,11-12H2,1-2H3/t17-,18+,19+/m1/s1. The van der Waals surface area contributed by atoms with Crippen molar-refractivity contribution >= 4 is 11.9 Å². The zero-order valence-corrected chi connectivity index (χ0v) is 15.3. The molecule has 3 rings (SSSR count).